The number of ether oxygens (including phenoxy) is 2. The van der Waals surface area contributed by atoms with Crippen molar-refractivity contribution >= 4 is 15.9 Å². The Morgan fingerprint density at radius 3 is 2.69 bits per heavy atom. The highest BCUT2D eigenvalue weighted by molar-refractivity contribution is 8.33. The van der Waals surface area contributed by atoms with Crippen molar-refractivity contribution in [2.45, 2.75) is 96.9 Å². The number of hydrogen-bond donors (Lipinski definition) is 1. The predicted octanol–water partition coefficient (Wildman–Crippen LogP) is 4.65. The topological polar surface area (TPSA) is 59.0 Å². The van der Waals surface area contributed by atoms with Gasteiger partial charge in [0, 0.05) is 18.2 Å². The number of carbonyl (C=O) groups is 1. The zero-order valence-electron chi connectivity index (χ0n) is 22.9. The van der Waals surface area contributed by atoms with E-state index in [1.54, 1.807) is 0 Å². The first-order valence-corrected chi connectivity index (χ1v) is 16.9. The largest absolute Gasteiger partial charge is 0.392 e. The molecule has 35 heavy (non-hydrogen) atoms. The molecule has 0 aromatic heterocycles. The summed E-state index contributed by atoms with van der Waals surface area (Å²) < 4.78 is 12.8. The van der Waals surface area contributed by atoms with Gasteiger partial charge in [-0.2, -0.15) is 0 Å². The molecule has 6 rings (SSSR count). The van der Waals surface area contributed by atoms with Gasteiger partial charge in [-0.3, -0.25) is 4.79 Å². The molecule has 3 saturated heterocycles. The molecule has 3 saturated carbocycles. The van der Waals surface area contributed by atoms with Crippen molar-refractivity contribution in [2.75, 3.05) is 37.5 Å². The van der Waals surface area contributed by atoms with Crippen LogP contribution >= 0.6 is 10.0 Å². The fourth-order valence-electron chi connectivity index (χ4n) is 10.8. The molecule has 0 aromatic carbocycles. The number of aliphatic hydroxyl groups excluding tert-OH is 1. The number of morpholine rings is 1. The molecule has 3 heterocycles. The molecule has 5 nitrogen and oxygen atoms in total. The van der Waals surface area contributed by atoms with Gasteiger partial charge in [0.25, 0.3) is 0 Å². The Kier molecular flexibility index (Phi) is 5.79. The fraction of sp³-hybridized carbons (Fsp3) is 0.966. The van der Waals surface area contributed by atoms with Crippen LogP contribution in [-0.4, -0.2) is 77.1 Å². The number of carbonyl (C=O) groups excluding carboxylic acids is 1. The number of hydrogen-bond acceptors (Lipinski definition) is 4. The van der Waals surface area contributed by atoms with Gasteiger partial charge < -0.3 is 19.5 Å². The van der Waals surface area contributed by atoms with Crippen LogP contribution in [0.3, 0.4) is 0 Å². The van der Waals surface area contributed by atoms with E-state index in [4.69, 9.17) is 9.47 Å². The minimum Gasteiger partial charge on any atom is -0.392 e. The fourth-order valence-corrected chi connectivity index (χ4v) is 15.2. The Labute approximate surface area is 214 Å². The first-order chi connectivity index (χ1) is 16.5. The number of amides is 1. The molecule has 0 bridgehead atoms. The average Bonchev–Trinajstić information content (AvgIpc) is 3.16. The SMILES string of the molecule is CC(C)C(=O)N1CCOC(O[C@H]2CCC34C(CC[C@H]5C6C[C@@H](O)CS6(C)CC[C@]53[C@@H]4C)C2(C)C)C1. The van der Waals surface area contributed by atoms with Gasteiger partial charge >= 0.3 is 0 Å². The highest BCUT2D eigenvalue weighted by Crippen LogP contribution is 2.89. The lowest BCUT2D eigenvalue weighted by molar-refractivity contribution is -0.243. The third-order valence-corrected chi connectivity index (χ3v) is 16.6. The van der Waals surface area contributed by atoms with Gasteiger partial charge in [0.1, 0.15) is 0 Å². The highest BCUT2D eigenvalue weighted by Gasteiger charge is 2.84. The zero-order chi connectivity index (χ0) is 25.0. The van der Waals surface area contributed by atoms with Crippen LogP contribution in [0.15, 0.2) is 0 Å². The highest BCUT2D eigenvalue weighted by atomic mass is 32.3. The van der Waals surface area contributed by atoms with E-state index < -0.39 is 10.0 Å². The van der Waals surface area contributed by atoms with Crippen LogP contribution in [0.25, 0.3) is 0 Å². The Bertz CT molecular complexity index is 879. The standard InChI is InChI=1S/C29H49NO4S/c1-18(2)26(32)30-12-13-33-25(16-30)34-24-9-10-29-19(3)28(29)11-14-35(6)17-20(31)15-22(35)21(28)7-8-23(29)27(24,4)5/h18-25,31H,7-17H2,1-6H3/t19-,20+,21-,22?,23?,24-,25?,28-,29?/m0/s1. The normalized spacial score (nSPS) is 54.2. The summed E-state index contributed by atoms with van der Waals surface area (Å²) in [6, 6.07) is 0. The summed E-state index contributed by atoms with van der Waals surface area (Å²) in [6.07, 6.45) is 9.95. The van der Waals surface area contributed by atoms with E-state index in [9.17, 15) is 9.90 Å². The van der Waals surface area contributed by atoms with Crippen molar-refractivity contribution in [1.29, 1.82) is 0 Å². The van der Waals surface area contributed by atoms with Crippen LogP contribution < -0.4 is 0 Å². The molecule has 2 spiro atoms. The lowest BCUT2D eigenvalue weighted by Crippen LogP contribution is -2.56. The van der Waals surface area contributed by atoms with Crippen molar-refractivity contribution in [3.8, 4) is 0 Å². The molecule has 0 radical (unpaired) electrons. The van der Waals surface area contributed by atoms with Crippen LogP contribution in [-0.2, 0) is 14.3 Å². The van der Waals surface area contributed by atoms with Gasteiger partial charge in [0.15, 0.2) is 6.29 Å². The summed E-state index contributed by atoms with van der Waals surface area (Å²) in [5.41, 5.74) is 1.10. The smallest absolute Gasteiger partial charge is 0.225 e. The summed E-state index contributed by atoms with van der Waals surface area (Å²) in [5, 5.41) is 11.4. The third-order valence-electron chi connectivity index (χ3n) is 12.3. The molecule has 5 unspecified atom stereocenters. The second kappa shape index (κ2) is 8.10. The van der Waals surface area contributed by atoms with Crippen LogP contribution in [0, 0.1) is 39.9 Å². The summed E-state index contributed by atoms with van der Waals surface area (Å²) in [6.45, 7) is 13.3. The van der Waals surface area contributed by atoms with Crippen molar-refractivity contribution in [3.05, 3.63) is 0 Å². The maximum atomic E-state index is 12.6. The quantitative estimate of drug-likeness (QED) is 0.604. The molecule has 1 amide bonds. The molecule has 3 aliphatic heterocycles. The van der Waals surface area contributed by atoms with Crippen LogP contribution in [0.2, 0.25) is 0 Å². The maximum absolute atomic E-state index is 12.6. The second-order valence-corrected chi connectivity index (χ2v) is 18.2. The number of fused-ring (bicyclic) bond motifs is 2. The Morgan fingerprint density at radius 2 is 1.94 bits per heavy atom. The third kappa shape index (κ3) is 3.27. The summed E-state index contributed by atoms with van der Waals surface area (Å²) in [7, 11) is -0.642. The minimum atomic E-state index is -0.642. The van der Waals surface area contributed by atoms with Gasteiger partial charge in [0.05, 0.1) is 25.4 Å². The molecule has 6 heteroatoms. The van der Waals surface area contributed by atoms with Crippen LogP contribution in [0.4, 0.5) is 0 Å². The van der Waals surface area contributed by atoms with Crippen LogP contribution in [0.5, 0.6) is 0 Å². The summed E-state index contributed by atoms with van der Waals surface area (Å²) >= 11 is 0. The Balaban J connectivity index is 1.21. The van der Waals surface area contributed by atoms with Crippen LogP contribution in [0.1, 0.15) is 73.1 Å². The van der Waals surface area contributed by atoms with E-state index in [0.29, 0.717) is 36.4 Å². The van der Waals surface area contributed by atoms with E-state index in [0.717, 1.165) is 35.7 Å². The van der Waals surface area contributed by atoms with Crippen molar-refractivity contribution in [2.24, 2.45) is 39.9 Å². The first kappa shape index (κ1) is 25.0. The van der Waals surface area contributed by atoms with Gasteiger partial charge in [0.2, 0.25) is 5.91 Å². The molecular weight excluding hydrogens is 458 g/mol. The van der Waals surface area contributed by atoms with Gasteiger partial charge in [-0.25, -0.2) is 10.0 Å². The van der Waals surface area contributed by atoms with E-state index in [1.165, 1.54) is 31.4 Å². The molecule has 0 aromatic rings. The molecule has 3 aliphatic carbocycles. The summed E-state index contributed by atoms with van der Waals surface area (Å²) in [4.78, 5) is 14.5. The lowest BCUT2D eigenvalue weighted by atomic mass is 9.51. The van der Waals surface area contributed by atoms with E-state index in [-0.39, 0.29) is 35.7 Å². The molecule has 6 fully saturated rings. The molecular formula is C29H49NO4S. The summed E-state index contributed by atoms with van der Waals surface area (Å²) in [5.74, 6) is 5.06. The molecule has 6 aliphatic rings. The average molecular weight is 508 g/mol. The second-order valence-electron chi connectivity index (χ2n) is 14.2. The predicted molar refractivity (Wildman–Crippen MR) is 142 cm³/mol. The molecule has 200 valence electrons. The zero-order valence-corrected chi connectivity index (χ0v) is 23.7. The number of nitrogens with zero attached hydrogens (tertiary/aromatic N) is 1. The van der Waals surface area contributed by atoms with Gasteiger partial charge in [-0.05, 0) is 89.8 Å². The van der Waals surface area contributed by atoms with E-state index >= 15 is 0 Å². The lowest BCUT2D eigenvalue weighted by Gasteiger charge is -2.60. The first-order valence-electron chi connectivity index (χ1n) is 14.4. The number of aliphatic hydroxyl groups is 1. The molecule has 10 atom stereocenters. The molecule has 1 N–H and O–H groups in total. The van der Waals surface area contributed by atoms with Crippen molar-refractivity contribution in [3.63, 3.8) is 0 Å². The van der Waals surface area contributed by atoms with E-state index in [1.807, 2.05) is 18.7 Å². The van der Waals surface area contributed by atoms with Gasteiger partial charge in [-0.15, -0.1) is 0 Å². The number of rotatable bonds is 3. The monoisotopic (exact) mass is 507 g/mol. The minimum absolute atomic E-state index is 0.0163. The van der Waals surface area contributed by atoms with Gasteiger partial charge in [-0.1, -0.05) is 34.6 Å². The van der Waals surface area contributed by atoms with E-state index in [2.05, 4.69) is 27.0 Å². The van der Waals surface area contributed by atoms with Crippen molar-refractivity contribution in [1.82, 2.24) is 4.90 Å². The maximum Gasteiger partial charge on any atom is 0.225 e. The Morgan fingerprint density at radius 1 is 1.17 bits per heavy atom. The van der Waals surface area contributed by atoms with Crippen molar-refractivity contribution < 1.29 is 19.4 Å². The Hall–Kier alpha value is -0.300.